The van der Waals surface area contributed by atoms with E-state index in [0.717, 1.165) is 0 Å². The lowest BCUT2D eigenvalue weighted by molar-refractivity contribution is -0.119. The predicted molar refractivity (Wildman–Crippen MR) is 82.1 cm³/mol. The van der Waals surface area contributed by atoms with Crippen molar-refractivity contribution in [3.05, 3.63) is 41.0 Å². The molecule has 0 aliphatic rings. The Balaban J connectivity index is 2.53. The number of para-hydroxylation sites is 1. The van der Waals surface area contributed by atoms with Gasteiger partial charge in [-0.2, -0.15) is 0 Å². The molecule has 1 aromatic heterocycles. The topological polar surface area (TPSA) is 76.3 Å². The van der Waals surface area contributed by atoms with Crippen molar-refractivity contribution in [2.75, 3.05) is 6.54 Å². The van der Waals surface area contributed by atoms with Gasteiger partial charge in [-0.15, -0.1) is 0 Å². The summed E-state index contributed by atoms with van der Waals surface area (Å²) in [6.07, 6.45) is 0. The van der Waals surface area contributed by atoms with E-state index in [1.54, 1.807) is 12.1 Å². The molecule has 2 amide bonds. The summed E-state index contributed by atoms with van der Waals surface area (Å²) in [4.78, 5) is 29.5. The van der Waals surface area contributed by atoms with Crippen LogP contribution in [0.2, 0.25) is 5.15 Å². The molecule has 5 nitrogen and oxygen atoms in total. The monoisotopic (exact) mass is 305 g/mol. The van der Waals surface area contributed by atoms with Crippen LogP contribution in [0.5, 0.6) is 0 Å². The second-order valence-electron chi connectivity index (χ2n) is 5.00. The quantitative estimate of drug-likeness (QED) is 0.880. The minimum Gasteiger partial charge on any atom is -0.368 e. The maximum atomic E-state index is 12.7. The largest absolute Gasteiger partial charge is 0.368 e. The lowest BCUT2D eigenvalue weighted by Crippen LogP contribution is -2.42. The van der Waals surface area contributed by atoms with Crippen LogP contribution < -0.4 is 5.73 Å². The molecule has 21 heavy (non-hydrogen) atoms. The van der Waals surface area contributed by atoms with Crippen LogP contribution in [0.3, 0.4) is 0 Å². The number of hydrogen-bond acceptors (Lipinski definition) is 3. The third-order valence-corrected chi connectivity index (χ3v) is 3.32. The molecule has 0 aliphatic heterocycles. The Hall–Kier alpha value is -2.14. The second kappa shape index (κ2) is 6.10. The average Bonchev–Trinajstić information content (AvgIpc) is 2.42. The van der Waals surface area contributed by atoms with Crippen LogP contribution in [-0.2, 0) is 4.79 Å². The Kier molecular flexibility index (Phi) is 4.43. The van der Waals surface area contributed by atoms with Gasteiger partial charge >= 0.3 is 0 Å². The van der Waals surface area contributed by atoms with Gasteiger partial charge in [0.1, 0.15) is 5.15 Å². The second-order valence-corrected chi connectivity index (χ2v) is 5.39. The zero-order chi connectivity index (χ0) is 15.6. The van der Waals surface area contributed by atoms with E-state index >= 15 is 0 Å². The van der Waals surface area contributed by atoms with E-state index in [1.807, 2.05) is 26.0 Å². The Morgan fingerprint density at radius 1 is 1.33 bits per heavy atom. The van der Waals surface area contributed by atoms with Crippen LogP contribution >= 0.6 is 11.6 Å². The number of fused-ring (bicyclic) bond motifs is 1. The maximum absolute atomic E-state index is 12.7. The molecule has 0 aliphatic carbocycles. The molecule has 0 spiro atoms. The molecule has 1 aromatic carbocycles. The Morgan fingerprint density at radius 2 is 2.00 bits per heavy atom. The van der Waals surface area contributed by atoms with Crippen molar-refractivity contribution in [2.45, 2.75) is 19.9 Å². The number of carbonyl (C=O) groups excluding carboxylic acids is 2. The highest BCUT2D eigenvalue weighted by Crippen LogP contribution is 2.22. The van der Waals surface area contributed by atoms with E-state index < -0.39 is 5.91 Å². The van der Waals surface area contributed by atoms with E-state index in [0.29, 0.717) is 16.5 Å². The number of nitrogens with zero attached hydrogens (tertiary/aromatic N) is 2. The van der Waals surface area contributed by atoms with E-state index in [2.05, 4.69) is 4.98 Å². The van der Waals surface area contributed by atoms with Crippen LogP contribution in [-0.4, -0.2) is 34.3 Å². The fourth-order valence-corrected chi connectivity index (χ4v) is 2.33. The van der Waals surface area contributed by atoms with Gasteiger partial charge in [0.15, 0.2) is 0 Å². The molecule has 1 heterocycles. The molecule has 0 bridgehead atoms. The number of pyridine rings is 1. The molecule has 0 unspecified atom stereocenters. The van der Waals surface area contributed by atoms with Crippen LogP contribution in [0.15, 0.2) is 30.3 Å². The van der Waals surface area contributed by atoms with Crippen molar-refractivity contribution in [1.29, 1.82) is 0 Å². The van der Waals surface area contributed by atoms with Crippen molar-refractivity contribution < 1.29 is 9.59 Å². The molecule has 2 rings (SSSR count). The number of aromatic nitrogens is 1. The van der Waals surface area contributed by atoms with Gasteiger partial charge in [-0.3, -0.25) is 9.59 Å². The minimum absolute atomic E-state index is 0.134. The Bertz CT molecular complexity index is 700. The van der Waals surface area contributed by atoms with Crippen LogP contribution in [0.25, 0.3) is 10.9 Å². The normalized spacial score (nSPS) is 10.9. The van der Waals surface area contributed by atoms with Gasteiger partial charge in [0, 0.05) is 11.4 Å². The third-order valence-electron chi connectivity index (χ3n) is 3.13. The van der Waals surface area contributed by atoms with Gasteiger partial charge in [-0.25, -0.2) is 4.98 Å². The van der Waals surface area contributed by atoms with E-state index in [9.17, 15) is 9.59 Å². The number of amides is 2. The number of primary amides is 1. The first-order valence-corrected chi connectivity index (χ1v) is 6.92. The molecule has 2 aromatic rings. The maximum Gasteiger partial charge on any atom is 0.255 e. The zero-order valence-electron chi connectivity index (χ0n) is 11.8. The summed E-state index contributed by atoms with van der Waals surface area (Å²) in [5.41, 5.74) is 6.27. The number of rotatable bonds is 4. The highest BCUT2D eigenvalue weighted by molar-refractivity contribution is 6.30. The summed E-state index contributed by atoms with van der Waals surface area (Å²) in [6.45, 7) is 3.52. The highest BCUT2D eigenvalue weighted by Gasteiger charge is 2.23. The summed E-state index contributed by atoms with van der Waals surface area (Å²) in [6, 6.07) is 8.59. The molecular weight excluding hydrogens is 290 g/mol. The third kappa shape index (κ3) is 3.31. The summed E-state index contributed by atoms with van der Waals surface area (Å²) in [5.74, 6) is -0.842. The molecule has 0 saturated carbocycles. The number of nitrogens with two attached hydrogens (primary N) is 1. The lowest BCUT2D eigenvalue weighted by Gasteiger charge is -2.26. The summed E-state index contributed by atoms with van der Waals surface area (Å²) in [7, 11) is 0. The van der Waals surface area contributed by atoms with Gasteiger partial charge < -0.3 is 10.6 Å². The molecule has 0 saturated heterocycles. The van der Waals surface area contributed by atoms with E-state index in [-0.39, 0.29) is 23.6 Å². The van der Waals surface area contributed by atoms with Gasteiger partial charge in [-0.05, 0) is 26.0 Å². The van der Waals surface area contributed by atoms with Crippen LogP contribution in [0, 0.1) is 0 Å². The highest BCUT2D eigenvalue weighted by atomic mass is 35.5. The summed E-state index contributed by atoms with van der Waals surface area (Å²) in [5, 5.41) is 0.932. The fourth-order valence-electron chi connectivity index (χ4n) is 2.13. The number of halogens is 1. The van der Waals surface area contributed by atoms with Crippen LogP contribution in [0.1, 0.15) is 24.2 Å². The fraction of sp³-hybridized carbons (Fsp3) is 0.267. The smallest absolute Gasteiger partial charge is 0.255 e. The number of hydrogen-bond donors (Lipinski definition) is 1. The molecule has 0 radical (unpaired) electrons. The molecule has 0 atom stereocenters. The first-order valence-electron chi connectivity index (χ1n) is 6.54. The number of benzene rings is 1. The molecule has 0 fully saturated rings. The molecular formula is C15H16ClN3O2. The zero-order valence-corrected chi connectivity index (χ0v) is 12.6. The molecule has 2 N–H and O–H groups in total. The predicted octanol–water partition coefficient (Wildman–Crippen LogP) is 2.22. The first kappa shape index (κ1) is 15.3. The Labute approximate surface area is 127 Å². The molecule has 110 valence electrons. The van der Waals surface area contributed by atoms with Crippen molar-refractivity contribution in [3.63, 3.8) is 0 Å². The van der Waals surface area contributed by atoms with Crippen molar-refractivity contribution in [2.24, 2.45) is 5.73 Å². The number of carbonyl (C=O) groups is 2. The summed E-state index contributed by atoms with van der Waals surface area (Å²) >= 11 is 5.98. The standard InChI is InChI=1S/C15H16ClN3O2/c1-9(2)19(8-14(17)20)15(21)11-7-13(16)18-12-6-4-3-5-10(11)12/h3-7,9H,8H2,1-2H3,(H2,17,20). The van der Waals surface area contributed by atoms with Gasteiger partial charge in [0.2, 0.25) is 5.91 Å². The lowest BCUT2D eigenvalue weighted by atomic mass is 10.1. The Morgan fingerprint density at radius 3 is 2.62 bits per heavy atom. The molecule has 6 heteroatoms. The van der Waals surface area contributed by atoms with Crippen LogP contribution in [0.4, 0.5) is 0 Å². The average molecular weight is 306 g/mol. The van der Waals surface area contributed by atoms with Crippen molar-refractivity contribution >= 4 is 34.3 Å². The van der Waals surface area contributed by atoms with E-state index in [4.69, 9.17) is 17.3 Å². The first-order chi connectivity index (χ1) is 9.90. The minimum atomic E-state index is -0.554. The van der Waals surface area contributed by atoms with E-state index in [1.165, 1.54) is 11.0 Å². The van der Waals surface area contributed by atoms with Gasteiger partial charge in [-0.1, -0.05) is 29.8 Å². The van der Waals surface area contributed by atoms with Gasteiger partial charge in [0.05, 0.1) is 17.6 Å². The van der Waals surface area contributed by atoms with Crippen molar-refractivity contribution in [3.8, 4) is 0 Å². The SMILES string of the molecule is CC(C)N(CC(N)=O)C(=O)c1cc(Cl)nc2ccccc12. The van der Waals surface area contributed by atoms with Gasteiger partial charge in [0.25, 0.3) is 5.91 Å². The summed E-state index contributed by atoms with van der Waals surface area (Å²) < 4.78 is 0. The van der Waals surface area contributed by atoms with Crippen molar-refractivity contribution in [1.82, 2.24) is 9.88 Å².